The van der Waals surface area contributed by atoms with Crippen LogP contribution in [0, 0.1) is 11.3 Å². The number of methoxy groups -OCH3 is 1. The molecular weight excluding hydrogens is 298 g/mol. The molecule has 0 aliphatic heterocycles. The van der Waals surface area contributed by atoms with Crippen LogP contribution in [0.25, 0.3) is 0 Å². The Balaban J connectivity index is 2.73. The fraction of sp³-hybridized carbons (Fsp3) is 0.375. The van der Waals surface area contributed by atoms with Crippen LogP contribution < -0.4 is 11.1 Å². The molecule has 2 amide bonds. The van der Waals surface area contributed by atoms with Crippen molar-refractivity contribution >= 4 is 17.8 Å². The topological polar surface area (TPSA) is 122 Å². The lowest BCUT2D eigenvalue weighted by molar-refractivity contribution is -0.120. The second-order valence-corrected chi connectivity index (χ2v) is 4.90. The number of nitriles is 1. The van der Waals surface area contributed by atoms with Crippen molar-refractivity contribution in [1.29, 1.82) is 5.26 Å². The minimum absolute atomic E-state index is 0.233. The lowest BCUT2D eigenvalue weighted by Crippen LogP contribution is -2.44. The highest BCUT2D eigenvalue weighted by Crippen LogP contribution is 2.09. The number of nitrogens with two attached hydrogens (primary N) is 1. The molecule has 0 unspecified atom stereocenters. The molecule has 0 heterocycles. The molecule has 1 aromatic rings. The molecule has 0 spiro atoms. The van der Waals surface area contributed by atoms with Gasteiger partial charge in [0.1, 0.15) is 6.04 Å². The average molecular weight is 317 g/mol. The van der Waals surface area contributed by atoms with E-state index < -0.39 is 23.8 Å². The summed E-state index contributed by atoms with van der Waals surface area (Å²) in [6.07, 6.45) is 1.98. The van der Waals surface area contributed by atoms with Gasteiger partial charge in [-0.05, 0) is 37.5 Å². The summed E-state index contributed by atoms with van der Waals surface area (Å²) in [6.45, 7) is 0. The SMILES string of the molecule is COC(=O)c1cccc(C(=O)N[C@@H](CCCCC#N)C(N)=O)c1. The van der Waals surface area contributed by atoms with E-state index in [2.05, 4.69) is 10.1 Å². The molecule has 0 aliphatic rings. The van der Waals surface area contributed by atoms with Gasteiger partial charge in [0.2, 0.25) is 5.91 Å². The Hall–Kier alpha value is -2.88. The van der Waals surface area contributed by atoms with Crippen molar-refractivity contribution in [3.05, 3.63) is 35.4 Å². The average Bonchev–Trinajstić information content (AvgIpc) is 2.56. The fourth-order valence-electron chi connectivity index (χ4n) is 1.98. The number of carbonyl (C=O) groups is 3. The second kappa shape index (κ2) is 9.20. The first kappa shape index (κ1) is 18.2. The van der Waals surface area contributed by atoms with E-state index in [1.807, 2.05) is 6.07 Å². The molecule has 0 aromatic heterocycles. The quantitative estimate of drug-likeness (QED) is 0.550. The summed E-state index contributed by atoms with van der Waals surface area (Å²) >= 11 is 0. The first-order chi connectivity index (χ1) is 11.0. The Morgan fingerprint density at radius 3 is 2.61 bits per heavy atom. The second-order valence-electron chi connectivity index (χ2n) is 4.90. The van der Waals surface area contributed by atoms with Crippen molar-refractivity contribution in [3.8, 4) is 6.07 Å². The Labute approximate surface area is 134 Å². The van der Waals surface area contributed by atoms with Crippen molar-refractivity contribution < 1.29 is 19.1 Å². The molecule has 0 saturated carbocycles. The molecule has 23 heavy (non-hydrogen) atoms. The number of hydrogen-bond acceptors (Lipinski definition) is 5. The molecule has 0 saturated heterocycles. The maximum absolute atomic E-state index is 12.2. The Morgan fingerprint density at radius 2 is 2.00 bits per heavy atom. The van der Waals surface area contributed by atoms with Gasteiger partial charge in [0.25, 0.3) is 5.91 Å². The van der Waals surface area contributed by atoms with Gasteiger partial charge in [-0.2, -0.15) is 5.26 Å². The fourth-order valence-corrected chi connectivity index (χ4v) is 1.98. The van der Waals surface area contributed by atoms with Crippen LogP contribution in [0.15, 0.2) is 24.3 Å². The van der Waals surface area contributed by atoms with Crippen molar-refractivity contribution in [2.75, 3.05) is 7.11 Å². The van der Waals surface area contributed by atoms with Gasteiger partial charge in [-0.1, -0.05) is 6.07 Å². The van der Waals surface area contributed by atoms with Crippen LogP contribution in [0.2, 0.25) is 0 Å². The molecule has 3 N–H and O–H groups in total. The van der Waals surface area contributed by atoms with Crippen LogP contribution in [-0.2, 0) is 9.53 Å². The van der Waals surface area contributed by atoms with Crippen LogP contribution in [0.4, 0.5) is 0 Å². The van der Waals surface area contributed by atoms with Crippen LogP contribution in [-0.4, -0.2) is 30.9 Å². The van der Waals surface area contributed by atoms with Gasteiger partial charge in [-0.3, -0.25) is 9.59 Å². The monoisotopic (exact) mass is 317 g/mol. The Kier molecular flexibility index (Phi) is 7.27. The largest absolute Gasteiger partial charge is 0.465 e. The van der Waals surface area contributed by atoms with Gasteiger partial charge in [-0.25, -0.2) is 4.79 Å². The Bertz CT molecular complexity index is 622. The predicted octanol–water partition coefficient (Wildman–Crippen LogP) is 1.14. The number of benzene rings is 1. The summed E-state index contributed by atoms with van der Waals surface area (Å²) < 4.78 is 4.60. The summed E-state index contributed by atoms with van der Waals surface area (Å²) in [5.74, 6) is -1.69. The number of nitrogens with one attached hydrogen (secondary N) is 1. The van der Waals surface area contributed by atoms with E-state index in [4.69, 9.17) is 11.0 Å². The third-order valence-electron chi connectivity index (χ3n) is 3.23. The molecular formula is C16H19N3O4. The number of esters is 1. The van der Waals surface area contributed by atoms with Gasteiger partial charge < -0.3 is 15.8 Å². The smallest absolute Gasteiger partial charge is 0.337 e. The van der Waals surface area contributed by atoms with Gasteiger partial charge >= 0.3 is 5.97 Å². The van der Waals surface area contributed by atoms with Crippen molar-refractivity contribution in [3.63, 3.8) is 0 Å². The van der Waals surface area contributed by atoms with E-state index in [0.717, 1.165) is 0 Å². The third-order valence-corrected chi connectivity index (χ3v) is 3.23. The maximum atomic E-state index is 12.2. The minimum atomic E-state index is -0.817. The van der Waals surface area contributed by atoms with Gasteiger partial charge in [0, 0.05) is 12.0 Å². The lowest BCUT2D eigenvalue weighted by atomic mass is 10.1. The highest BCUT2D eigenvalue weighted by molar-refractivity contribution is 5.99. The molecule has 1 atom stereocenters. The molecule has 0 radical (unpaired) electrons. The van der Waals surface area contributed by atoms with Crippen LogP contribution in [0.3, 0.4) is 0 Å². The van der Waals surface area contributed by atoms with Crippen LogP contribution >= 0.6 is 0 Å². The van der Waals surface area contributed by atoms with Gasteiger partial charge in [0.15, 0.2) is 0 Å². The first-order valence-electron chi connectivity index (χ1n) is 7.15. The maximum Gasteiger partial charge on any atom is 0.337 e. The number of unbranched alkanes of at least 4 members (excludes halogenated alkanes) is 2. The van der Waals surface area contributed by atoms with Crippen molar-refractivity contribution in [2.45, 2.75) is 31.7 Å². The van der Waals surface area contributed by atoms with E-state index in [9.17, 15) is 14.4 Å². The zero-order valence-electron chi connectivity index (χ0n) is 12.9. The normalized spacial score (nSPS) is 11.1. The lowest BCUT2D eigenvalue weighted by Gasteiger charge is -2.15. The molecule has 7 heteroatoms. The summed E-state index contributed by atoms with van der Waals surface area (Å²) in [4.78, 5) is 35.1. The molecule has 1 aromatic carbocycles. The molecule has 0 bridgehead atoms. The first-order valence-corrected chi connectivity index (χ1v) is 7.15. The molecule has 0 aliphatic carbocycles. The zero-order valence-corrected chi connectivity index (χ0v) is 12.9. The zero-order chi connectivity index (χ0) is 17.2. The number of ether oxygens (including phenoxy) is 1. The standard InChI is InChI=1S/C16H19N3O4/c1-23-16(22)12-7-5-6-11(10-12)15(21)19-13(14(18)20)8-3-2-4-9-17/h5-7,10,13H,2-4,8H2,1H3,(H2,18,20)(H,19,21)/t13-/m0/s1. The summed E-state index contributed by atoms with van der Waals surface area (Å²) in [7, 11) is 1.25. The molecule has 7 nitrogen and oxygen atoms in total. The van der Waals surface area contributed by atoms with Gasteiger partial charge in [-0.15, -0.1) is 0 Å². The van der Waals surface area contributed by atoms with Crippen LogP contribution in [0.5, 0.6) is 0 Å². The van der Waals surface area contributed by atoms with E-state index >= 15 is 0 Å². The van der Waals surface area contributed by atoms with Crippen LogP contribution in [0.1, 0.15) is 46.4 Å². The highest BCUT2D eigenvalue weighted by atomic mass is 16.5. The van der Waals surface area contributed by atoms with E-state index in [-0.39, 0.29) is 11.1 Å². The Morgan fingerprint density at radius 1 is 1.30 bits per heavy atom. The summed E-state index contributed by atoms with van der Waals surface area (Å²) in [6, 6.07) is 7.18. The number of nitrogens with zero attached hydrogens (tertiary/aromatic N) is 1. The summed E-state index contributed by atoms with van der Waals surface area (Å²) in [5.41, 5.74) is 5.76. The van der Waals surface area contributed by atoms with E-state index in [1.54, 1.807) is 6.07 Å². The number of rotatable bonds is 8. The van der Waals surface area contributed by atoms with Crippen molar-refractivity contribution in [2.24, 2.45) is 5.73 Å². The minimum Gasteiger partial charge on any atom is -0.465 e. The van der Waals surface area contributed by atoms with E-state index in [0.29, 0.717) is 25.7 Å². The molecule has 1 rings (SSSR count). The third kappa shape index (κ3) is 5.79. The molecule has 122 valence electrons. The van der Waals surface area contributed by atoms with Gasteiger partial charge in [0.05, 0.1) is 18.7 Å². The summed E-state index contributed by atoms with van der Waals surface area (Å²) in [5, 5.41) is 11.0. The van der Waals surface area contributed by atoms with E-state index in [1.165, 1.54) is 25.3 Å². The molecule has 0 fully saturated rings. The van der Waals surface area contributed by atoms with Crippen molar-refractivity contribution in [1.82, 2.24) is 5.32 Å². The predicted molar refractivity (Wildman–Crippen MR) is 82.3 cm³/mol. The number of amides is 2. The number of hydrogen-bond donors (Lipinski definition) is 2. The highest BCUT2D eigenvalue weighted by Gasteiger charge is 2.19. The number of carbonyl (C=O) groups excluding carboxylic acids is 3. The number of primary amides is 1.